The van der Waals surface area contributed by atoms with Crippen LogP contribution in [0.5, 0.6) is 0 Å². The molecule has 2 nitrogen and oxygen atoms in total. The van der Waals surface area contributed by atoms with Crippen LogP contribution in [0.2, 0.25) is 0 Å². The molecule has 0 amide bonds. The normalized spacial score (nSPS) is 27.0. The molecular weight excluding hydrogens is 250 g/mol. The number of aliphatic hydroxyl groups excluding tert-OH is 1. The predicted octanol–water partition coefficient (Wildman–Crippen LogP) is 1.37. The van der Waals surface area contributed by atoms with Gasteiger partial charge in [0.15, 0.2) is 0 Å². The summed E-state index contributed by atoms with van der Waals surface area (Å²) in [6, 6.07) is 0. The minimum atomic E-state index is -0.786. The zero-order valence-electron chi connectivity index (χ0n) is 4.60. The lowest BCUT2D eigenvalue weighted by Gasteiger charge is -2.01. The van der Waals surface area contributed by atoms with Crippen molar-refractivity contribution in [3.05, 3.63) is 21.2 Å². The maximum absolute atomic E-state index is 8.98. The lowest BCUT2D eigenvalue weighted by molar-refractivity contribution is -0.0110. The molecule has 0 spiro atoms. The molecule has 0 fully saturated rings. The van der Waals surface area contributed by atoms with Crippen molar-refractivity contribution in [1.82, 2.24) is 0 Å². The zero-order chi connectivity index (χ0) is 7.02. The molecule has 0 aromatic rings. The van der Waals surface area contributed by atoms with Crippen LogP contribution in [0.25, 0.3) is 0 Å². The van der Waals surface area contributed by atoms with E-state index in [1.807, 2.05) is 22.6 Å². The van der Waals surface area contributed by atoms with E-state index in [1.54, 1.807) is 0 Å². The van der Waals surface area contributed by atoms with E-state index in [-0.39, 0.29) is 0 Å². The van der Waals surface area contributed by atoms with Gasteiger partial charge in [0.2, 0.25) is 6.29 Å². The van der Waals surface area contributed by atoms with Crippen LogP contribution in [0.15, 0.2) is 21.2 Å². The average Bonchev–Trinajstić information content (AvgIpc) is 1.98. The van der Waals surface area contributed by atoms with Crippen molar-refractivity contribution in [2.45, 2.75) is 6.29 Å². The Morgan fingerprint density at radius 3 is 2.44 bits per heavy atom. The third-order valence-electron chi connectivity index (χ3n) is 1.03. The Hall–Kier alpha value is 0.400. The van der Waals surface area contributed by atoms with E-state index in [9.17, 15) is 0 Å². The first-order valence-electron chi connectivity index (χ1n) is 2.32. The molecule has 1 rings (SSSR count). The number of rotatable bonds is 0. The Balaban J connectivity index is 2.92. The smallest absolute Gasteiger partial charge is 0.230 e. The monoisotopic (exact) mass is 256 g/mol. The summed E-state index contributed by atoms with van der Waals surface area (Å²) in [5, 5.41) is 9.84. The van der Waals surface area contributed by atoms with Crippen molar-refractivity contribution in [3.63, 3.8) is 0 Å². The first kappa shape index (κ1) is 7.51. The topological polar surface area (TPSA) is 29.5 Å². The fourth-order valence-electron chi connectivity index (χ4n) is 0.516. The largest absolute Gasteiger partial charge is 0.460 e. The highest BCUT2D eigenvalue weighted by Crippen LogP contribution is 2.35. The molecule has 0 saturated carbocycles. The summed E-state index contributed by atoms with van der Waals surface area (Å²) in [7, 11) is 2.46. The Kier molecular flexibility index (Phi) is 2.14. The number of hydrogen-bond acceptors (Lipinski definition) is 2. The molecule has 9 heavy (non-hydrogen) atoms. The van der Waals surface area contributed by atoms with Gasteiger partial charge >= 0.3 is 0 Å². The van der Waals surface area contributed by atoms with Gasteiger partial charge in [-0.3, -0.25) is 0 Å². The van der Waals surface area contributed by atoms with Gasteiger partial charge in [0.05, 0.1) is 3.58 Å². The summed E-state index contributed by atoms with van der Waals surface area (Å²) in [6.07, 6.45) is -0.786. The van der Waals surface area contributed by atoms with Gasteiger partial charge in [-0.25, -0.2) is 0 Å². The van der Waals surface area contributed by atoms with Crippen LogP contribution in [0.3, 0.4) is 0 Å². The molecule has 0 radical (unpaired) electrons. The van der Waals surface area contributed by atoms with Crippen LogP contribution in [-0.2, 0) is 4.74 Å². The maximum Gasteiger partial charge on any atom is 0.230 e. The standard InChI is InChI=1S/C5H6IO2P/c1-2-4(9)3(6)5(7)8-2/h5,7H,1,9H2. The van der Waals surface area contributed by atoms with E-state index in [2.05, 4.69) is 15.8 Å². The molecule has 1 N–H and O–H groups in total. The Labute approximate surface area is 69.3 Å². The van der Waals surface area contributed by atoms with Gasteiger partial charge in [-0.1, -0.05) is 6.58 Å². The molecule has 0 bridgehead atoms. The molecule has 0 aliphatic carbocycles. The van der Waals surface area contributed by atoms with Crippen molar-refractivity contribution in [1.29, 1.82) is 0 Å². The van der Waals surface area contributed by atoms with Crippen molar-refractivity contribution < 1.29 is 9.84 Å². The number of halogens is 1. The fourth-order valence-corrected chi connectivity index (χ4v) is 1.15. The molecule has 1 heterocycles. The average molecular weight is 256 g/mol. The van der Waals surface area contributed by atoms with Gasteiger partial charge in [-0.05, 0) is 22.6 Å². The van der Waals surface area contributed by atoms with E-state index in [1.165, 1.54) is 0 Å². The Bertz CT molecular complexity index is 187. The Morgan fingerprint density at radius 2 is 2.33 bits per heavy atom. The van der Waals surface area contributed by atoms with E-state index in [4.69, 9.17) is 9.84 Å². The highest BCUT2D eigenvalue weighted by Gasteiger charge is 2.22. The van der Waals surface area contributed by atoms with Crippen LogP contribution < -0.4 is 0 Å². The van der Waals surface area contributed by atoms with Crippen molar-refractivity contribution in [3.8, 4) is 0 Å². The summed E-state index contributed by atoms with van der Waals surface area (Å²) in [5.41, 5.74) is 0. The number of ether oxygens (including phenoxy) is 1. The molecule has 0 saturated heterocycles. The first-order chi connectivity index (χ1) is 4.13. The number of aliphatic hydroxyl groups is 1. The molecule has 2 unspecified atom stereocenters. The third-order valence-corrected chi connectivity index (χ3v) is 3.36. The second kappa shape index (κ2) is 2.56. The SMILES string of the molecule is C=C1OC(O)C(I)=C1P. The van der Waals surface area contributed by atoms with E-state index in [0.717, 1.165) is 8.89 Å². The summed E-state index contributed by atoms with van der Waals surface area (Å²) < 4.78 is 5.64. The first-order valence-corrected chi connectivity index (χ1v) is 3.97. The summed E-state index contributed by atoms with van der Waals surface area (Å²) >= 11 is 2.02. The fraction of sp³-hybridized carbons (Fsp3) is 0.200. The summed E-state index contributed by atoms with van der Waals surface area (Å²) in [6.45, 7) is 3.57. The molecule has 2 atom stereocenters. The Morgan fingerprint density at radius 1 is 1.78 bits per heavy atom. The third kappa shape index (κ3) is 1.28. The lowest BCUT2D eigenvalue weighted by atomic mass is 10.5. The van der Waals surface area contributed by atoms with Gasteiger partial charge in [0.1, 0.15) is 5.76 Å². The van der Waals surface area contributed by atoms with Crippen molar-refractivity contribution >= 4 is 31.8 Å². The van der Waals surface area contributed by atoms with Crippen LogP contribution in [-0.4, -0.2) is 11.4 Å². The van der Waals surface area contributed by atoms with Gasteiger partial charge in [-0.15, -0.1) is 9.24 Å². The zero-order valence-corrected chi connectivity index (χ0v) is 7.91. The van der Waals surface area contributed by atoms with Gasteiger partial charge in [0.25, 0.3) is 0 Å². The molecule has 1 aliphatic heterocycles. The van der Waals surface area contributed by atoms with E-state index in [0.29, 0.717) is 5.76 Å². The molecule has 0 aromatic heterocycles. The highest BCUT2D eigenvalue weighted by atomic mass is 127. The van der Waals surface area contributed by atoms with E-state index >= 15 is 0 Å². The highest BCUT2D eigenvalue weighted by molar-refractivity contribution is 14.1. The van der Waals surface area contributed by atoms with Crippen molar-refractivity contribution in [2.75, 3.05) is 0 Å². The summed E-state index contributed by atoms with van der Waals surface area (Å²) in [4.78, 5) is 0. The molecular formula is C5H6IO2P. The number of hydrogen-bond donors (Lipinski definition) is 1. The quantitative estimate of drug-likeness (QED) is 0.524. The van der Waals surface area contributed by atoms with Crippen molar-refractivity contribution in [2.24, 2.45) is 0 Å². The van der Waals surface area contributed by atoms with Gasteiger partial charge in [-0.2, -0.15) is 0 Å². The lowest BCUT2D eigenvalue weighted by Crippen LogP contribution is -2.02. The van der Waals surface area contributed by atoms with Gasteiger partial charge < -0.3 is 9.84 Å². The van der Waals surface area contributed by atoms with Crippen LogP contribution in [0.1, 0.15) is 0 Å². The second-order valence-corrected chi connectivity index (χ2v) is 3.39. The second-order valence-electron chi connectivity index (χ2n) is 1.66. The van der Waals surface area contributed by atoms with Gasteiger partial charge in [0, 0.05) is 5.31 Å². The summed E-state index contributed by atoms with van der Waals surface area (Å²) in [5.74, 6) is 0.539. The van der Waals surface area contributed by atoms with Crippen LogP contribution in [0, 0.1) is 0 Å². The molecule has 1 aliphatic rings. The van der Waals surface area contributed by atoms with Crippen LogP contribution in [0.4, 0.5) is 0 Å². The molecule has 0 aromatic carbocycles. The minimum absolute atomic E-state index is 0.539. The number of allylic oxidation sites excluding steroid dienone is 1. The maximum atomic E-state index is 8.98. The van der Waals surface area contributed by atoms with Crippen LogP contribution >= 0.6 is 31.8 Å². The predicted molar refractivity (Wildman–Crippen MR) is 47.0 cm³/mol. The molecule has 4 heteroatoms. The molecule has 50 valence electrons. The minimum Gasteiger partial charge on any atom is -0.460 e. The van der Waals surface area contributed by atoms with E-state index < -0.39 is 6.29 Å².